The minimum atomic E-state index is -0.457. The van der Waals surface area contributed by atoms with Gasteiger partial charge in [0, 0.05) is 11.6 Å². The normalized spacial score (nSPS) is 10.7. The van der Waals surface area contributed by atoms with Gasteiger partial charge in [-0.2, -0.15) is 0 Å². The highest BCUT2D eigenvalue weighted by Gasteiger charge is 2.12. The van der Waals surface area contributed by atoms with Crippen molar-refractivity contribution in [3.8, 4) is 0 Å². The second kappa shape index (κ2) is 9.86. The van der Waals surface area contributed by atoms with Crippen molar-refractivity contribution in [2.75, 3.05) is 6.79 Å². The first-order valence-corrected chi connectivity index (χ1v) is 9.12. The number of halogens is 1. The van der Waals surface area contributed by atoms with Crippen molar-refractivity contribution >= 4 is 17.2 Å². The molecule has 27 heavy (non-hydrogen) atoms. The van der Waals surface area contributed by atoms with Gasteiger partial charge >= 0.3 is 0 Å². The number of hydrogen-bond acceptors (Lipinski definition) is 6. The van der Waals surface area contributed by atoms with Gasteiger partial charge in [-0.25, -0.2) is 9.37 Å². The van der Waals surface area contributed by atoms with Gasteiger partial charge in [0.05, 0.1) is 31.1 Å². The number of nitrogens with zero attached hydrogens (tertiary/aromatic N) is 2. The molecule has 0 aliphatic heterocycles. The molecule has 8 heteroatoms. The third-order valence-electron chi connectivity index (χ3n) is 3.53. The van der Waals surface area contributed by atoms with Gasteiger partial charge in [-0.3, -0.25) is 9.78 Å². The maximum atomic E-state index is 13.5. The summed E-state index contributed by atoms with van der Waals surface area (Å²) >= 11 is 1.20. The van der Waals surface area contributed by atoms with E-state index in [2.05, 4.69) is 15.3 Å². The molecule has 0 atom stereocenters. The SMILES string of the molecule is O=C(NCc1ncccc1F)c1nc(COCOCc2ccccc2)cs1. The highest BCUT2D eigenvalue weighted by Crippen LogP contribution is 2.11. The van der Waals surface area contributed by atoms with E-state index >= 15 is 0 Å². The van der Waals surface area contributed by atoms with Crippen molar-refractivity contribution in [1.82, 2.24) is 15.3 Å². The molecule has 0 saturated heterocycles. The highest BCUT2D eigenvalue weighted by atomic mass is 32.1. The maximum Gasteiger partial charge on any atom is 0.280 e. The molecule has 0 aliphatic rings. The van der Waals surface area contributed by atoms with Gasteiger partial charge in [-0.05, 0) is 17.7 Å². The summed E-state index contributed by atoms with van der Waals surface area (Å²) in [5.74, 6) is -0.835. The number of nitrogens with one attached hydrogen (secondary N) is 1. The molecule has 0 spiro atoms. The quantitative estimate of drug-likeness (QED) is 0.451. The molecule has 0 fully saturated rings. The van der Waals surface area contributed by atoms with E-state index in [4.69, 9.17) is 9.47 Å². The Labute approximate surface area is 160 Å². The van der Waals surface area contributed by atoms with E-state index in [0.29, 0.717) is 12.3 Å². The molecular formula is C19H18FN3O3S. The minimum Gasteiger partial charge on any atom is -0.351 e. The fourth-order valence-electron chi connectivity index (χ4n) is 2.20. The highest BCUT2D eigenvalue weighted by molar-refractivity contribution is 7.11. The second-order valence-corrected chi connectivity index (χ2v) is 6.42. The Morgan fingerprint density at radius 2 is 1.93 bits per heavy atom. The summed E-state index contributed by atoms with van der Waals surface area (Å²) in [6.07, 6.45) is 1.48. The zero-order valence-electron chi connectivity index (χ0n) is 14.4. The average Bonchev–Trinajstić information content (AvgIpc) is 3.17. The third-order valence-corrected chi connectivity index (χ3v) is 4.42. The number of hydrogen-bond donors (Lipinski definition) is 1. The van der Waals surface area contributed by atoms with Crippen molar-refractivity contribution < 1.29 is 18.7 Å². The molecule has 6 nitrogen and oxygen atoms in total. The van der Waals surface area contributed by atoms with Crippen LogP contribution in [0.15, 0.2) is 54.0 Å². The molecule has 0 saturated carbocycles. The molecule has 0 bridgehead atoms. The predicted molar refractivity (Wildman–Crippen MR) is 98.4 cm³/mol. The maximum absolute atomic E-state index is 13.5. The largest absolute Gasteiger partial charge is 0.351 e. The molecule has 3 rings (SSSR count). The lowest BCUT2D eigenvalue weighted by Gasteiger charge is -2.05. The number of carbonyl (C=O) groups is 1. The van der Waals surface area contributed by atoms with Crippen LogP contribution in [0.1, 0.15) is 26.8 Å². The smallest absolute Gasteiger partial charge is 0.280 e. The monoisotopic (exact) mass is 387 g/mol. The summed E-state index contributed by atoms with van der Waals surface area (Å²) < 4.78 is 24.3. The van der Waals surface area contributed by atoms with Crippen molar-refractivity contribution in [1.29, 1.82) is 0 Å². The molecule has 0 radical (unpaired) electrons. The molecule has 1 N–H and O–H groups in total. The van der Waals surface area contributed by atoms with Crippen LogP contribution in [0.2, 0.25) is 0 Å². The van der Waals surface area contributed by atoms with Crippen LogP contribution in [-0.2, 0) is 29.2 Å². The van der Waals surface area contributed by atoms with Gasteiger partial charge in [0.15, 0.2) is 5.01 Å². The first kappa shape index (κ1) is 19.1. The van der Waals surface area contributed by atoms with Crippen LogP contribution in [0.3, 0.4) is 0 Å². The van der Waals surface area contributed by atoms with Crippen molar-refractivity contribution in [3.05, 3.63) is 81.8 Å². The van der Waals surface area contributed by atoms with Gasteiger partial charge in [0.25, 0.3) is 5.91 Å². The number of ether oxygens (including phenoxy) is 2. The zero-order chi connectivity index (χ0) is 18.9. The van der Waals surface area contributed by atoms with E-state index in [1.807, 2.05) is 30.3 Å². The summed E-state index contributed by atoms with van der Waals surface area (Å²) in [7, 11) is 0. The van der Waals surface area contributed by atoms with E-state index in [-0.39, 0.29) is 36.6 Å². The molecule has 0 unspecified atom stereocenters. The van der Waals surface area contributed by atoms with Gasteiger partial charge in [0.2, 0.25) is 0 Å². The summed E-state index contributed by atoms with van der Waals surface area (Å²) in [5, 5.41) is 4.64. The summed E-state index contributed by atoms with van der Waals surface area (Å²) in [6.45, 7) is 0.847. The van der Waals surface area contributed by atoms with E-state index in [1.165, 1.54) is 29.7 Å². The Hall–Kier alpha value is -2.68. The van der Waals surface area contributed by atoms with E-state index in [1.54, 1.807) is 5.38 Å². The Morgan fingerprint density at radius 3 is 2.74 bits per heavy atom. The Morgan fingerprint density at radius 1 is 1.11 bits per heavy atom. The summed E-state index contributed by atoms with van der Waals surface area (Å²) in [5.41, 5.74) is 1.89. The number of thiazole rings is 1. The number of pyridine rings is 1. The summed E-state index contributed by atoms with van der Waals surface area (Å²) in [6, 6.07) is 12.6. The molecule has 2 aromatic heterocycles. The number of rotatable bonds is 9. The topological polar surface area (TPSA) is 73.3 Å². The van der Waals surface area contributed by atoms with Crippen molar-refractivity contribution in [3.63, 3.8) is 0 Å². The second-order valence-electron chi connectivity index (χ2n) is 5.56. The standard InChI is InChI=1S/C19H18FN3O3S/c20-16-7-4-8-21-17(16)9-22-18(24)19-23-15(12-27-19)11-26-13-25-10-14-5-2-1-3-6-14/h1-8,12H,9-11,13H2,(H,22,24). The fraction of sp³-hybridized carbons (Fsp3) is 0.211. The predicted octanol–water partition coefficient (Wildman–Crippen LogP) is 3.30. The van der Waals surface area contributed by atoms with Crippen molar-refractivity contribution in [2.45, 2.75) is 19.8 Å². The van der Waals surface area contributed by atoms with Crippen LogP contribution >= 0.6 is 11.3 Å². The van der Waals surface area contributed by atoms with Crippen LogP contribution in [0.4, 0.5) is 4.39 Å². The fourth-order valence-corrected chi connectivity index (χ4v) is 2.92. The van der Waals surface area contributed by atoms with Crippen LogP contribution in [0.5, 0.6) is 0 Å². The Balaban J connectivity index is 1.38. The molecule has 3 aromatic rings. The molecule has 2 heterocycles. The Bertz CT molecular complexity index is 873. The molecule has 140 valence electrons. The molecule has 0 aliphatic carbocycles. The first-order valence-electron chi connectivity index (χ1n) is 8.24. The van der Waals surface area contributed by atoms with Gasteiger partial charge < -0.3 is 14.8 Å². The van der Waals surface area contributed by atoms with Crippen LogP contribution in [0.25, 0.3) is 0 Å². The van der Waals surface area contributed by atoms with Crippen molar-refractivity contribution in [2.24, 2.45) is 0 Å². The average molecular weight is 387 g/mol. The van der Waals surface area contributed by atoms with Crippen LogP contribution < -0.4 is 5.32 Å². The van der Waals surface area contributed by atoms with Gasteiger partial charge in [0.1, 0.15) is 12.6 Å². The van der Waals surface area contributed by atoms with Gasteiger partial charge in [-0.15, -0.1) is 11.3 Å². The van der Waals surface area contributed by atoms with E-state index in [9.17, 15) is 9.18 Å². The Kier molecular flexibility index (Phi) is 6.97. The lowest BCUT2D eigenvalue weighted by molar-refractivity contribution is -0.0696. The van der Waals surface area contributed by atoms with E-state index < -0.39 is 5.82 Å². The number of aromatic nitrogens is 2. The number of benzene rings is 1. The molecule has 1 amide bonds. The molecular weight excluding hydrogens is 369 g/mol. The number of amides is 1. The zero-order valence-corrected chi connectivity index (χ0v) is 15.2. The van der Waals surface area contributed by atoms with E-state index in [0.717, 1.165) is 5.56 Å². The molecule has 1 aromatic carbocycles. The van der Waals surface area contributed by atoms with Gasteiger partial charge in [-0.1, -0.05) is 30.3 Å². The van der Waals surface area contributed by atoms with Crippen LogP contribution in [0, 0.1) is 5.82 Å². The first-order chi connectivity index (χ1) is 13.2. The lowest BCUT2D eigenvalue weighted by Crippen LogP contribution is -2.23. The minimum absolute atomic E-state index is 0.00421. The van der Waals surface area contributed by atoms with Crippen LogP contribution in [-0.4, -0.2) is 22.7 Å². The third kappa shape index (κ3) is 5.92. The lowest BCUT2D eigenvalue weighted by atomic mass is 10.2. The number of carbonyl (C=O) groups excluding carboxylic acids is 1. The summed E-state index contributed by atoms with van der Waals surface area (Å²) in [4.78, 5) is 20.2.